The summed E-state index contributed by atoms with van der Waals surface area (Å²) in [6, 6.07) is 15.3. The molecule has 18 nitrogen and oxygen atoms in total. The van der Waals surface area contributed by atoms with Crippen LogP contribution in [0.25, 0.3) is 33.4 Å². The maximum atomic E-state index is 13.4. The lowest BCUT2D eigenvalue weighted by molar-refractivity contribution is -0.172. The van der Waals surface area contributed by atoms with Crippen LogP contribution in [0.4, 0.5) is 5.69 Å². The van der Waals surface area contributed by atoms with Crippen LogP contribution in [0.5, 0.6) is 0 Å². The average molecular weight is 883 g/mol. The third kappa shape index (κ3) is 10.8. The Morgan fingerprint density at radius 3 is 1.95 bits per heavy atom. The molecule has 5 aliphatic rings. The van der Waals surface area contributed by atoms with E-state index in [1.807, 2.05) is 36.4 Å². The summed E-state index contributed by atoms with van der Waals surface area (Å²) < 4.78 is 71.4. The lowest BCUT2D eigenvalue weighted by Gasteiger charge is -2.36. The number of fused-ring (bicyclic) bond motifs is 2. The van der Waals surface area contributed by atoms with Gasteiger partial charge in [-0.3, -0.25) is 28.5 Å². The van der Waals surface area contributed by atoms with Crippen molar-refractivity contribution in [3.05, 3.63) is 71.1 Å². The maximum Gasteiger partial charge on any atom is 0.363 e. The van der Waals surface area contributed by atoms with E-state index < -0.39 is 44.0 Å². The minimum absolute atomic E-state index is 0.0745. The van der Waals surface area contributed by atoms with Gasteiger partial charge in [0.2, 0.25) is 5.36 Å². The van der Waals surface area contributed by atoms with E-state index in [9.17, 15) is 41.1 Å². The van der Waals surface area contributed by atoms with Crippen molar-refractivity contribution < 1.29 is 59.5 Å². The predicted molar refractivity (Wildman–Crippen MR) is 223 cm³/mol. The minimum Gasteiger partial charge on any atom is -0.478 e. The van der Waals surface area contributed by atoms with Crippen LogP contribution in [0, 0.1) is 0 Å². The van der Waals surface area contributed by atoms with Gasteiger partial charge < -0.3 is 19.3 Å². The molecule has 61 heavy (non-hydrogen) atoms. The molecule has 0 radical (unpaired) electrons. The van der Waals surface area contributed by atoms with Crippen LogP contribution in [0.1, 0.15) is 59.2 Å². The molecule has 4 heterocycles. The number of hydroxylamine groups is 2. The van der Waals surface area contributed by atoms with Gasteiger partial charge in [0.1, 0.15) is 11.3 Å². The second-order valence-electron chi connectivity index (χ2n) is 15.5. The molecule has 3 saturated heterocycles. The van der Waals surface area contributed by atoms with Crippen LogP contribution < -0.4 is 14.8 Å². The van der Waals surface area contributed by atoms with Gasteiger partial charge >= 0.3 is 11.9 Å². The number of rotatable bonds is 15. The van der Waals surface area contributed by atoms with Gasteiger partial charge in [0.25, 0.3) is 32.1 Å². The summed E-state index contributed by atoms with van der Waals surface area (Å²) in [5, 5.41) is 12.3. The van der Waals surface area contributed by atoms with Crippen LogP contribution in [-0.2, 0) is 34.7 Å². The molecule has 7 rings (SSSR count). The maximum absolute atomic E-state index is 13.4. The first kappa shape index (κ1) is 43.8. The van der Waals surface area contributed by atoms with Crippen molar-refractivity contribution in [1.82, 2.24) is 19.4 Å². The third-order valence-electron chi connectivity index (χ3n) is 11.4. The molecule has 326 valence electrons. The van der Waals surface area contributed by atoms with E-state index in [4.69, 9.17) is 18.4 Å². The fourth-order valence-electron chi connectivity index (χ4n) is 8.11. The molecule has 2 amide bonds. The summed E-state index contributed by atoms with van der Waals surface area (Å²) in [5.41, 5.74) is 2.39. The number of unbranched alkanes of at least 4 members (excludes halogenated alkanes) is 2. The van der Waals surface area contributed by atoms with Gasteiger partial charge in [-0.05, 0) is 80.7 Å². The first-order valence-electron chi connectivity index (χ1n) is 20.2. The second-order valence-corrected chi connectivity index (χ2v) is 18.7. The van der Waals surface area contributed by atoms with Crippen LogP contribution >= 0.6 is 0 Å². The molecule has 2 aromatic rings. The van der Waals surface area contributed by atoms with Crippen molar-refractivity contribution in [1.29, 1.82) is 0 Å². The van der Waals surface area contributed by atoms with Crippen molar-refractivity contribution in [3.63, 3.8) is 0 Å². The lowest BCUT2D eigenvalue weighted by atomic mass is 9.89. The van der Waals surface area contributed by atoms with Gasteiger partial charge in [0, 0.05) is 73.4 Å². The van der Waals surface area contributed by atoms with Crippen LogP contribution in [0.2, 0.25) is 0 Å². The number of hydrogen-bond donors (Lipinski definition) is 3. The van der Waals surface area contributed by atoms with E-state index in [0.29, 0.717) is 97.9 Å². The summed E-state index contributed by atoms with van der Waals surface area (Å²) in [6.45, 7) is 7.01. The number of carboxylic acids is 1. The van der Waals surface area contributed by atoms with Gasteiger partial charge in [-0.25, -0.2) is 14.2 Å². The number of imide groups is 1. The number of hydrogen-bond acceptors (Lipinski definition) is 13. The topological polar surface area (TPSA) is 236 Å². The Hall–Kier alpha value is -5.25. The van der Waals surface area contributed by atoms with Gasteiger partial charge in [-0.15, -0.1) is 5.06 Å². The van der Waals surface area contributed by atoms with E-state index in [1.54, 1.807) is 0 Å². The Balaban J connectivity index is 1.23. The highest BCUT2D eigenvalue weighted by Crippen LogP contribution is 2.42. The first-order chi connectivity index (χ1) is 29.0. The minimum atomic E-state index is -4.00. The van der Waals surface area contributed by atoms with Gasteiger partial charge in [-0.2, -0.15) is 16.8 Å². The van der Waals surface area contributed by atoms with Crippen molar-refractivity contribution in [2.75, 3.05) is 81.9 Å². The number of aromatic carboxylic acids is 1. The standard InChI is InChI=1S/C41H47N5O13S2/c47-37-11-12-38(48)46(37)59-41(51)28-5-8-31(40(49)50)34(25-28)39-32-9-6-29(44-19-15-42(16-20-44)13-1-3-23-60(52,53)54)26-35(32)58-36-27-30(7-10-33(36)39)45-21-17-43(18-22-45)14-2-4-24-61(55,56)57/h5-10,25-27H,1-4,11-24H2,(H2-,49,50,52,53,54,55,56,57)/p+1. The average Bonchev–Trinajstić information content (AvgIpc) is 3.54. The van der Waals surface area contributed by atoms with Crippen molar-refractivity contribution in [2.45, 2.75) is 38.5 Å². The van der Waals surface area contributed by atoms with E-state index in [-0.39, 0.29) is 41.0 Å². The molecule has 0 spiro atoms. The molecule has 0 saturated carbocycles. The third-order valence-corrected chi connectivity index (χ3v) is 13.0. The first-order valence-corrected chi connectivity index (χ1v) is 23.4. The number of piperazine rings is 2. The zero-order valence-electron chi connectivity index (χ0n) is 33.4. The number of carboxylic acid groups (broad SMARTS) is 1. The lowest BCUT2D eigenvalue weighted by Crippen LogP contribution is -2.48. The fourth-order valence-corrected chi connectivity index (χ4v) is 9.25. The van der Waals surface area contributed by atoms with Gasteiger partial charge in [0.15, 0.2) is 13.1 Å². The van der Waals surface area contributed by atoms with E-state index in [2.05, 4.69) is 19.3 Å². The molecule has 0 bridgehead atoms. The fraction of sp³-hybridized carbons (Fsp3) is 0.439. The molecule has 0 atom stereocenters. The summed E-state index contributed by atoms with van der Waals surface area (Å²) in [6.07, 6.45) is 1.83. The number of carbonyl (C=O) groups is 4. The zero-order valence-corrected chi connectivity index (χ0v) is 35.0. The number of nitrogens with zero attached hydrogens (tertiary/aromatic N) is 5. The normalized spacial score (nSPS) is 17.2. The molecule has 3 N–H and O–H groups in total. The smallest absolute Gasteiger partial charge is 0.363 e. The van der Waals surface area contributed by atoms with Crippen LogP contribution in [0.3, 0.4) is 0 Å². The number of benzene rings is 3. The molecule has 1 aliphatic carbocycles. The number of anilines is 1. The van der Waals surface area contributed by atoms with E-state index in [0.717, 1.165) is 37.2 Å². The SMILES string of the molecule is O=C(ON1C(=O)CCC1=O)c1ccc(C(=O)O)c(-c2c3ccc(=[N+]4CCN(CCCCS(=O)(=O)O)CC4)cc-3oc3cc(N4CCN(CCCCS(=O)(=O)O)CC4)ccc23)c1. The van der Waals surface area contributed by atoms with Crippen molar-refractivity contribution in [2.24, 2.45) is 0 Å². The highest BCUT2D eigenvalue weighted by molar-refractivity contribution is 7.86. The molecule has 4 aliphatic heterocycles. The Bertz CT molecular complexity index is 2600. The second kappa shape index (κ2) is 18.4. The molecule has 0 unspecified atom stereocenters. The van der Waals surface area contributed by atoms with Crippen molar-refractivity contribution >= 4 is 60.6 Å². The molecule has 0 aromatic heterocycles. The van der Waals surface area contributed by atoms with Crippen LogP contribution in [-0.4, -0.2) is 147 Å². The molecular weight excluding hydrogens is 835 g/mol. The van der Waals surface area contributed by atoms with Gasteiger partial charge in [-0.1, -0.05) is 0 Å². The zero-order chi connectivity index (χ0) is 43.5. The summed E-state index contributed by atoms with van der Waals surface area (Å²) in [4.78, 5) is 62.5. The highest BCUT2D eigenvalue weighted by Gasteiger charge is 2.34. The largest absolute Gasteiger partial charge is 0.478 e. The van der Waals surface area contributed by atoms with Crippen LogP contribution in [0.15, 0.2) is 59.0 Å². The van der Waals surface area contributed by atoms with Crippen molar-refractivity contribution in [3.8, 4) is 22.5 Å². The highest BCUT2D eigenvalue weighted by atomic mass is 32.2. The summed E-state index contributed by atoms with van der Waals surface area (Å²) in [7, 11) is -7.99. The summed E-state index contributed by atoms with van der Waals surface area (Å²) >= 11 is 0. The Morgan fingerprint density at radius 2 is 1.34 bits per heavy atom. The number of amides is 2. The monoisotopic (exact) mass is 882 g/mol. The number of carbonyl (C=O) groups excluding carboxylic acids is 3. The van der Waals surface area contributed by atoms with E-state index >= 15 is 0 Å². The molecular formula is C41H48N5O13S2+. The predicted octanol–water partition coefficient (Wildman–Crippen LogP) is 2.67. The molecule has 20 heteroatoms. The van der Waals surface area contributed by atoms with Gasteiger partial charge in [0.05, 0.1) is 41.8 Å². The molecule has 3 fully saturated rings. The molecule has 2 aromatic carbocycles. The Morgan fingerprint density at radius 1 is 0.721 bits per heavy atom. The summed E-state index contributed by atoms with van der Waals surface area (Å²) in [5.74, 6) is -3.63. The van der Waals surface area contributed by atoms with E-state index in [1.165, 1.54) is 18.2 Å². The Kier molecular flexibility index (Phi) is 13.2. The Labute approximate surface area is 352 Å². The quantitative estimate of drug-likeness (QED) is 0.0512.